The van der Waals surface area contributed by atoms with Crippen molar-refractivity contribution in [3.63, 3.8) is 0 Å². The van der Waals surface area contributed by atoms with Crippen LogP contribution in [0.2, 0.25) is 0 Å². The number of ether oxygens (including phenoxy) is 1. The summed E-state index contributed by atoms with van der Waals surface area (Å²) in [6.45, 7) is 3.69. The molecule has 0 bridgehead atoms. The van der Waals surface area contributed by atoms with Crippen molar-refractivity contribution < 1.29 is 13.2 Å². The van der Waals surface area contributed by atoms with Crippen LogP contribution < -0.4 is 9.46 Å². The Morgan fingerprint density at radius 2 is 1.59 bits per heavy atom. The summed E-state index contributed by atoms with van der Waals surface area (Å²) >= 11 is 0. The van der Waals surface area contributed by atoms with Gasteiger partial charge in [-0.25, -0.2) is 13.1 Å². The number of sulfonamides is 1. The highest BCUT2D eigenvalue weighted by Gasteiger charge is 2.26. The summed E-state index contributed by atoms with van der Waals surface area (Å²) in [5.41, 5.74) is 0.949. The van der Waals surface area contributed by atoms with E-state index in [1.54, 1.807) is 19.2 Å². The van der Waals surface area contributed by atoms with Crippen molar-refractivity contribution in [3.8, 4) is 5.75 Å². The standard InChI is InChI=1S/C17H21NO3S/c1-17(2,15-9-11-16(21-3)12-10-15)18-22(19,20)13-14-7-5-4-6-8-14/h4-12,18H,13H2,1-3H3. The highest BCUT2D eigenvalue weighted by Crippen LogP contribution is 2.24. The first-order valence-electron chi connectivity index (χ1n) is 7.02. The van der Waals surface area contributed by atoms with E-state index < -0.39 is 15.6 Å². The van der Waals surface area contributed by atoms with E-state index in [-0.39, 0.29) is 5.75 Å². The molecule has 1 N–H and O–H groups in total. The lowest BCUT2D eigenvalue weighted by atomic mass is 9.96. The van der Waals surface area contributed by atoms with E-state index in [9.17, 15) is 8.42 Å². The van der Waals surface area contributed by atoms with Crippen LogP contribution in [-0.4, -0.2) is 15.5 Å². The minimum atomic E-state index is -3.44. The largest absolute Gasteiger partial charge is 0.497 e. The number of hydrogen-bond donors (Lipinski definition) is 1. The second-order valence-electron chi connectivity index (χ2n) is 5.70. The van der Waals surface area contributed by atoms with Crippen LogP contribution in [0.3, 0.4) is 0 Å². The molecule has 0 atom stereocenters. The average molecular weight is 319 g/mol. The Bertz CT molecular complexity index is 707. The van der Waals surface area contributed by atoms with Gasteiger partial charge in [0.25, 0.3) is 0 Å². The first-order valence-corrected chi connectivity index (χ1v) is 8.68. The zero-order valence-corrected chi connectivity index (χ0v) is 13.9. The predicted octanol–water partition coefficient (Wildman–Crippen LogP) is 3.05. The molecule has 22 heavy (non-hydrogen) atoms. The van der Waals surface area contributed by atoms with Crippen LogP contribution in [0.5, 0.6) is 5.75 Å². The number of hydrogen-bond acceptors (Lipinski definition) is 3. The first-order chi connectivity index (χ1) is 10.3. The molecule has 2 aromatic carbocycles. The van der Waals surface area contributed by atoms with Crippen molar-refractivity contribution in [1.82, 2.24) is 4.72 Å². The van der Waals surface area contributed by atoms with Gasteiger partial charge in [0.1, 0.15) is 5.75 Å². The molecule has 2 rings (SSSR count). The van der Waals surface area contributed by atoms with Crippen molar-refractivity contribution in [1.29, 1.82) is 0 Å². The normalized spacial score (nSPS) is 12.1. The number of benzene rings is 2. The van der Waals surface area contributed by atoms with Gasteiger partial charge in [0.2, 0.25) is 10.0 Å². The molecule has 0 aliphatic rings. The minimum Gasteiger partial charge on any atom is -0.497 e. The molecule has 0 unspecified atom stereocenters. The van der Waals surface area contributed by atoms with E-state index >= 15 is 0 Å². The molecule has 0 saturated heterocycles. The lowest BCUT2D eigenvalue weighted by molar-refractivity contribution is 0.413. The third-order valence-electron chi connectivity index (χ3n) is 3.42. The van der Waals surface area contributed by atoms with Crippen LogP contribution in [0.15, 0.2) is 54.6 Å². The van der Waals surface area contributed by atoms with Gasteiger partial charge in [-0.05, 0) is 37.1 Å². The molecule has 0 saturated carbocycles. The van der Waals surface area contributed by atoms with Crippen molar-refractivity contribution in [2.24, 2.45) is 0 Å². The third-order valence-corrected chi connectivity index (χ3v) is 4.96. The Morgan fingerprint density at radius 1 is 1.00 bits per heavy atom. The second-order valence-corrected chi connectivity index (χ2v) is 7.42. The monoisotopic (exact) mass is 319 g/mol. The summed E-state index contributed by atoms with van der Waals surface area (Å²) in [6, 6.07) is 16.5. The molecular weight excluding hydrogens is 298 g/mol. The molecule has 2 aromatic rings. The van der Waals surface area contributed by atoms with Gasteiger partial charge in [0, 0.05) is 0 Å². The summed E-state index contributed by atoms with van der Waals surface area (Å²) in [6.07, 6.45) is 0. The molecule has 0 aliphatic carbocycles. The zero-order chi connectivity index (χ0) is 16.2. The van der Waals surface area contributed by atoms with Gasteiger partial charge in [-0.1, -0.05) is 42.5 Å². The average Bonchev–Trinajstić information content (AvgIpc) is 2.46. The van der Waals surface area contributed by atoms with Crippen molar-refractivity contribution in [2.75, 3.05) is 7.11 Å². The Labute approximate surface area is 132 Å². The van der Waals surface area contributed by atoms with Crippen molar-refractivity contribution in [3.05, 3.63) is 65.7 Å². The quantitative estimate of drug-likeness (QED) is 0.890. The Kier molecular flexibility index (Phi) is 4.88. The summed E-state index contributed by atoms with van der Waals surface area (Å²) < 4.78 is 32.6. The molecular formula is C17H21NO3S. The number of rotatable bonds is 6. The van der Waals surface area contributed by atoms with E-state index in [1.807, 2.05) is 56.3 Å². The molecule has 118 valence electrons. The molecule has 0 amide bonds. The van der Waals surface area contributed by atoms with Crippen LogP contribution in [-0.2, 0) is 21.3 Å². The van der Waals surface area contributed by atoms with Crippen molar-refractivity contribution in [2.45, 2.75) is 25.1 Å². The minimum absolute atomic E-state index is 0.0343. The maximum Gasteiger partial charge on any atom is 0.216 e. The van der Waals surface area contributed by atoms with Crippen LogP contribution >= 0.6 is 0 Å². The van der Waals surface area contributed by atoms with Crippen molar-refractivity contribution >= 4 is 10.0 Å². The van der Waals surface area contributed by atoms with Gasteiger partial charge in [0.05, 0.1) is 18.4 Å². The van der Waals surface area contributed by atoms with Crippen LogP contribution in [0.1, 0.15) is 25.0 Å². The summed E-state index contributed by atoms with van der Waals surface area (Å²) in [5, 5.41) is 0. The molecule has 4 nitrogen and oxygen atoms in total. The van der Waals surface area contributed by atoms with Gasteiger partial charge >= 0.3 is 0 Å². The van der Waals surface area contributed by atoms with Crippen LogP contribution in [0.4, 0.5) is 0 Å². The first kappa shape index (κ1) is 16.5. The summed E-state index contributed by atoms with van der Waals surface area (Å²) in [7, 11) is -1.84. The molecule has 0 spiro atoms. The molecule has 0 aromatic heterocycles. The smallest absolute Gasteiger partial charge is 0.216 e. The highest BCUT2D eigenvalue weighted by molar-refractivity contribution is 7.88. The maximum atomic E-state index is 12.4. The second kappa shape index (κ2) is 6.50. The van der Waals surface area contributed by atoms with Gasteiger partial charge in [-0.15, -0.1) is 0 Å². The molecule has 5 heteroatoms. The van der Waals surface area contributed by atoms with E-state index in [0.29, 0.717) is 0 Å². The fraction of sp³-hybridized carbons (Fsp3) is 0.294. The third kappa shape index (κ3) is 4.32. The molecule has 0 aliphatic heterocycles. The van der Waals surface area contributed by atoms with Crippen LogP contribution in [0.25, 0.3) is 0 Å². The summed E-state index contributed by atoms with van der Waals surface area (Å²) in [4.78, 5) is 0. The molecule has 0 fully saturated rings. The van der Waals surface area contributed by atoms with E-state index in [0.717, 1.165) is 16.9 Å². The van der Waals surface area contributed by atoms with Gasteiger partial charge in [-0.2, -0.15) is 0 Å². The fourth-order valence-corrected chi connectivity index (χ4v) is 3.88. The lowest BCUT2D eigenvalue weighted by Gasteiger charge is -2.26. The van der Waals surface area contributed by atoms with E-state index in [2.05, 4.69) is 4.72 Å². The topological polar surface area (TPSA) is 55.4 Å². The van der Waals surface area contributed by atoms with Gasteiger partial charge in [0.15, 0.2) is 0 Å². The lowest BCUT2D eigenvalue weighted by Crippen LogP contribution is -2.41. The SMILES string of the molecule is COc1ccc(C(C)(C)NS(=O)(=O)Cc2ccccc2)cc1. The molecule has 0 heterocycles. The van der Waals surface area contributed by atoms with Crippen LogP contribution in [0, 0.1) is 0 Å². The summed E-state index contributed by atoms with van der Waals surface area (Å²) in [5.74, 6) is 0.708. The zero-order valence-electron chi connectivity index (χ0n) is 13.0. The van der Waals surface area contributed by atoms with E-state index in [1.165, 1.54) is 0 Å². The highest BCUT2D eigenvalue weighted by atomic mass is 32.2. The Balaban J connectivity index is 2.15. The number of methoxy groups -OCH3 is 1. The fourth-order valence-electron chi connectivity index (χ4n) is 2.29. The Hall–Kier alpha value is -1.85. The van der Waals surface area contributed by atoms with E-state index in [4.69, 9.17) is 4.74 Å². The Morgan fingerprint density at radius 3 is 2.14 bits per heavy atom. The molecule has 0 radical (unpaired) electrons. The maximum absolute atomic E-state index is 12.4. The number of nitrogens with one attached hydrogen (secondary N) is 1. The van der Waals surface area contributed by atoms with Gasteiger partial charge < -0.3 is 4.74 Å². The predicted molar refractivity (Wildman–Crippen MR) is 88.2 cm³/mol. The van der Waals surface area contributed by atoms with Gasteiger partial charge in [-0.3, -0.25) is 0 Å².